The smallest absolute Gasteiger partial charge is 0.254 e. The van der Waals surface area contributed by atoms with E-state index in [9.17, 15) is 15.0 Å². The summed E-state index contributed by atoms with van der Waals surface area (Å²) in [5.74, 6) is -0.142. The van der Waals surface area contributed by atoms with Gasteiger partial charge in [0, 0.05) is 38.7 Å². The molecule has 126 valence electrons. The number of hydrogen-bond donors (Lipinski definition) is 5. The van der Waals surface area contributed by atoms with E-state index in [2.05, 4.69) is 15.3 Å². The Labute approximate surface area is 146 Å². The first-order valence-corrected chi connectivity index (χ1v) is 8.33. The summed E-state index contributed by atoms with van der Waals surface area (Å²) in [6, 6.07) is 12.9. The molecule has 0 saturated heterocycles. The van der Waals surface area contributed by atoms with E-state index in [1.807, 2.05) is 24.3 Å². The van der Waals surface area contributed by atoms with Gasteiger partial charge in [-0.25, -0.2) is 0 Å². The minimum atomic E-state index is -1.05. The second-order valence-electron chi connectivity index (χ2n) is 6.69. The van der Waals surface area contributed by atoms with Crippen LogP contribution in [0.5, 0.6) is 5.75 Å². The van der Waals surface area contributed by atoms with Crippen molar-refractivity contribution in [1.82, 2.24) is 15.3 Å². The Hall–Kier alpha value is -3.51. The molecule has 0 fully saturated rings. The number of phenolic OH excluding ortho intramolecular Hbond substituents is 1. The van der Waals surface area contributed by atoms with Crippen LogP contribution in [0, 0.1) is 0 Å². The number of phenols is 1. The lowest BCUT2D eigenvalue weighted by Gasteiger charge is -2.07. The first kappa shape index (κ1) is 13.7. The molecule has 1 amide bonds. The average Bonchev–Trinajstić information content (AvgIpc) is 3.25. The number of aromatic amines is 2. The largest absolute Gasteiger partial charge is 0.508 e. The summed E-state index contributed by atoms with van der Waals surface area (Å²) in [6.07, 6.45) is -1.05. The maximum absolute atomic E-state index is 12.7. The molecule has 5 aromatic rings. The molecule has 0 bridgehead atoms. The SMILES string of the molecule is O=C1NC(O)c2c1c1c3ccc(O)cc3[nH]c1c1[nH]c3ccccc3c21. The molecule has 26 heavy (non-hydrogen) atoms. The van der Waals surface area contributed by atoms with E-state index in [0.29, 0.717) is 11.1 Å². The van der Waals surface area contributed by atoms with Crippen LogP contribution in [-0.4, -0.2) is 26.1 Å². The van der Waals surface area contributed by atoms with E-state index in [-0.39, 0.29) is 11.7 Å². The van der Waals surface area contributed by atoms with Crippen LogP contribution in [-0.2, 0) is 0 Å². The number of benzene rings is 3. The monoisotopic (exact) mass is 343 g/mol. The van der Waals surface area contributed by atoms with E-state index in [0.717, 1.165) is 43.6 Å². The van der Waals surface area contributed by atoms with Gasteiger partial charge in [-0.2, -0.15) is 0 Å². The van der Waals surface area contributed by atoms with Gasteiger partial charge < -0.3 is 25.5 Å². The number of H-pyrrole nitrogens is 2. The Morgan fingerprint density at radius 3 is 2.50 bits per heavy atom. The molecule has 1 atom stereocenters. The van der Waals surface area contributed by atoms with Gasteiger partial charge in [-0.05, 0) is 18.2 Å². The molecule has 1 aliphatic heterocycles. The number of aliphatic hydroxyl groups excluding tert-OH is 1. The molecule has 5 N–H and O–H groups in total. The third kappa shape index (κ3) is 1.48. The van der Waals surface area contributed by atoms with Crippen molar-refractivity contribution in [3.05, 3.63) is 53.6 Å². The fourth-order valence-electron chi connectivity index (χ4n) is 4.28. The zero-order chi connectivity index (χ0) is 17.6. The highest BCUT2D eigenvalue weighted by atomic mass is 16.3. The zero-order valence-corrected chi connectivity index (χ0v) is 13.4. The van der Waals surface area contributed by atoms with Crippen LogP contribution in [0.25, 0.3) is 43.6 Å². The van der Waals surface area contributed by atoms with Crippen LogP contribution < -0.4 is 5.32 Å². The number of aliphatic hydroxyl groups is 1. The third-order valence-corrected chi connectivity index (χ3v) is 5.30. The van der Waals surface area contributed by atoms with Crippen LogP contribution in [0.4, 0.5) is 0 Å². The van der Waals surface area contributed by atoms with Gasteiger partial charge in [-0.3, -0.25) is 4.79 Å². The van der Waals surface area contributed by atoms with Gasteiger partial charge in [0.25, 0.3) is 5.91 Å². The van der Waals surface area contributed by atoms with Crippen LogP contribution >= 0.6 is 0 Å². The Balaban J connectivity index is 1.99. The predicted octanol–water partition coefficient (Wildman–Crippen LogP) is 3.40. The molecular formula is C20H13N3O3. The number of hydrogen-bond acceptors (Lipinski definition) is 3. The van der Waals surface area contributed by atoms with E-state index >= 15 is 0 Å². The van der Waals surface area contributed by atoms with Gasteiger partial charge in [0.2, 0.25) is 0 Å². The van der Waals surface area contributed by atoms with Crippen molar-refractivity contribution in [2.24, 2.45) is 0 Å². The minimum absolute atomic E-state index is 0.151. The van der Waals surface area contributed by atoms with E-state index in [4.69, 9.17) is 0 Å². The summed E-state index contributed by atoms with van der Waals surface area (Å²) in [4.78, 5) is 19.4. The maximum Gasteiger partial charge on any atom is 0.254 e. The first-order chi connectivity index (χ1) is 12.6. The molecule has 0 aliphatic carbocycles. The molecular weight excluding hydrogens is 330 g/mol. The zero-order valence-electron chi connectivity index (χ0n) is 13.4. The summed E-state index contributed by atoms with van der Waals surface area (Å²) in [5.41, 5.74) is 4.39. The molecule has 1 aliphatic rings. The Morgan fingerprint density at radius 2 is 1.62 bits per heavy atom. The summed E-state index contributed by atoms with van der Waals surface area (Å²) >= 11 is 0. The quantitative estimate of drug-likeness (QED) is 0.298. The van der Waals surface area contributed by atoms with Gasteiger partial charge >= 0.3 is 0 Å². The van der Waals surface area contributed by atoms with Gasteiger partial charge in [-0.15, -0.1) is 0 Å². The number of aromatic nitrogens is 2. The second kappa shape index (κ2) is 4.36. The van der Waals surface area contributed by atoms with Crippen LogP contribution in [0.1, 0.15) is 22.1 Å². The predicted molar refractivity (Wildman–Crippen MR) is 99.3 cm³/mol. The molecule has 0 spiro atoms. The van der Waals surface area contributed by atoms with Crippen molar-refractivity contribution in [3.63, 3.8) is 0 Å². The highest BCUT2D eigenvalue weighted by Crippen LogP contribution is 2.44. The number of nitrogens with one attached hydrogen (secondary N) is 3. The fraction of sp³-hybridized carbons (Fsp3) is 0.0500. The lowest BCUT2D eigenvalue weighted by Crippen LogP contribution is -2.18. The maximum atomic E-state index is 12.7. The lowest BCUT2D eigenvalue weighted by atomic mass is 9.96. The molecule has 0 saturated carbocycles. The molecule has 6 heteroatoms. The van der Waals surface area contributed by atoms with Gasteiger partial charge in [0.1, 0.15) is 5.75 Å². The molecule has 2 aromatic heterocycles. The number of para-hydroxylation sites is 1. The third-order valence-electron chi connectivity index (χ3n) is 5.30. The van der Waals surface area contributed by atoms with Crippen molar-refractivity contribution >= 4 is 49.5 Å². The molecule has 0 radical (unpaired) electrons. The van der Waals surface area contributed by atoms with Gasteiger partial charge in [0.05, 0.1) is 22.1 Å². The van der Waals surface area contributed by atoms with E-state index in [1.165, 1.54) is 0 Å². The lowest BCUT2D eigenvalue weighted by molar-refractivity contribution is 0.0853. The summed E-state index contributed by atoms with van der Waals surface area (Å²) in [7, 11) is 0. The highest BCUT2D eigenvalue weighted by Gasteiger charge is 2.34. The second-order valence-corrected chi connectivity index (χ2v) is 6.69. The van der Waals surface area contributed by atoms with Gasteiger partial charge in [0.15, 0.2) is 6.23 Å². The normalized spacial score (nSPS) is 16.8. The summed E-state index contributed by atoms with van der Waals surface area (Å²) in [6.45, 7) is 0. The van der Waals surface area contributed by atoms with Crippen molar-refractivity contribution in [3.8, 4) is 5.75 Å². The molecule has 1 unspecified atom stereocenters. The van der Waals surface area contributed by atoms with E-state index < -0.39 is 6.23 Å². The Morgan fingerprint density at radius 1 is 0.885 bits per heavy atom. The number of fused-ring (bicyclic) bond motifs is 10. The van der Waals surface area contributed by atoms with Crippen LogP contribution in [0.2, 0.25) is 0 Å². The Bertz CT molecular complexity index is 1410. The van der Waals surface area contributed by atoms with Crippen molar-refractivity contribution in [2.75, 3.05) is 0 Å². The average molecular weight is 343 g/mol. The van der Waals surface area contributed by atoms with E-state index in [1.54, 1.807) is 18.2 Å². The Kier molecular flexibility index (Phi) is 2.30. The fourth-order valence-corrected chi connectivity index (χ4v) is 4.28. The van der Waals surface area contributed by atoms with Gasteiger partial charge in [-0.1, -0.05) is 18.2 Å². The topological polar surface area (TPSA) is 101 Å². The summed E-state index contributed by atoms with van der Waals surface area (Å²) < 4.78 is 0. The minimum Gasteiger partial charge on any atom is -0.508 e. The van der Waals surface area contributed by atoms with Crippen molar-refractivity contribution in [1.29, 1.82) is 0 Å². The molecule has 3 aromatic carbocycles. The number of carbonyl (C=O) groups excluding carboxylic acids is 1. The van der Waals surface area contributed by atoms with Crippen molar-refractivity contribution < 1.29 is 15.0 Å². The molecule has 6 rings (SSSR count). The first-order valence-electron chi connectivity index (χ1n) is 8.33. The standard InChI is InChI=1S/C20H13N3O3/c24-8-5-6-10-12(7-8)22-18-14(10)16-15(19(25)23-20(16)26)13-9-3-1-2-4-11(9)21-17(13)18/h1-7,19,21-22,24-25H,(H,23,26). The van der Waals surface area contributed by atoms with Crippen molar-refractivity contribution in [2.45, 2.75) is 6.23 Å². The number of rotatable bonds is 0. The van der Waals surface area contributed by atoms with Crippen LogP contribution in [0.15, 0.2) is 42.5 Å². The number of amides is 1. The molecule has 3 heterocycles. The highest BCUT2D eigenvalue weighted by molar-refractivity contribution is 6.30. The number of aromatic hydroxyl groups is 1. The summed E-state index contributed by atoms with van der Waals surface area (Å²) in [5, 5.41) is 26.4. The van der Waals surface area contributed by atoms with Crippen LogP contribution in [0.3, 0.4) is 0 Å². The molecule has 6 nitrogen and oxygen atoms in total. The number of carbonyl (C=O) groups is 1.